The van der Waals surface area contributed by atoms with E-state index in [4.69, 9.17) is 0 Å². The van der Waals surface area contributed by atoms with Crippen LogP contribution in [0.5, 0.6) is 0 Å². The topological polar surface area (TPSA) is 72.7 Å². The molecule has 2 aromatic heterocycles. The summed E-state index contributed by atoms with van der Waals surface area (Å²) in [5, 5.41) is 0. The average Bonchev–Trinajstić information content (AvgIpc) is 2.58. The minimum atomic E-state index is -0.438. The van der Waals surface area contributed by atoms with Crippen molar-refractivity contribution < 1.29 is 0 Å². The summed E-state index contributed by atoms with van der Waals surface area (Å²) < 4.78 is 3.12. The van der Waals surface area contributed by atoms with Gasteiger partial charge in [0.1, 0.15) is 0 Å². The molecule has 0 radical (unpaired) electrons. The van der Waals surface area contributed by atoms with Gasteiger partial charge in [-0.2, -0.15) is 0 Å². The average molecular weight is 222 g/mol. The van der Waals surface area contributed by atoms with Crippen LogP contribution in [-0.2, 0) is 13.6 Å². The first kappa shape index (κ1) is 10.7. The molecule has 0 bridgehead atoms. The first-order valence-electron chi connectivity index (χ1n) is 5.15. The minimum absolute atomic E-state index is 0.378. The van der Waals surface area contributed by atoms with E-state index < -0.39 is 5.69 Å². The van der Waals surface area contributed by atoms with Gasteiger partial charge in [0.15, 0.2) is 11.2 Å². The number of aryl methyl sites for hydroxylation is 1. The lowest BCUT2D eigenvalue weighted by Gasteiger charge is -2.06. The summed E-state index contributed by atoms with van der Waals surface area (Å²) in [6, 6.07) is 0. The molecule has 86 valence electrons. The number of H-pyrrole nitrogens is 1. The van der Waals surface area contributed by atoms with E-state index in [0.717, 1.165) is 0 Å². The van der Waals surface area contributed by atoms with Crippen molar-refractivity contribution in [2.75, 3.05) is 0 Å². The molecule has 0 saturated heterocycles. The van der Waals surface area contributed by atoms with Crippen LogP contribution in [0.25, 0.3) is 11.2 Å². The third kappa shape index (κ3) is 1.56. The van der Waals surface area contributed by atoms with E-state index in [0.29, 0.717) is 23.6 Å². The number of aromatic nitrogens is 4. The maximum atomic E-state index is 11.7. The van der Waals surface area contributed by atoms with Gasteiger partial charge in [-0.3, -0.25) is 14.3 Å². The maximum absolute atomic E-state index is 11.7. The van der Waals surface area contributed by atoms with E-state index in [-0.39, 0.29) is 5.56 Å². The Bertz CT molecular complexity index is 632. The quantitative estimate of drug-likeness (QED) is 0.782. The molecule has 0 aliphatic carbocycles. The summed E-state index contributed by atoms with van der Waals surface area (Å²) in [5.74, 6) is 0.411. The highest BCUT2D eigenvalue weighted by Gasteiger charge is 2.11. The summed E-state index contributed by atoms with van der Waals surface area (Å²) in [6.45, 7) is 4.82. The Hall–Kier alpha value is -1.85. The van der Waals surface area contributed by atoms with Crippen LogP contribution >= 0.6 is 0 Å². The van der Waals surface area contributed by atoms with E-state index in [9.17, 15) is 9.59 Å². The number of nitrogens with one attached hydrogen (secondary N) is 1. The molecule has 0 atom stereocenters. The number of hydrogen-bond acceptors (Lipinski definition) is 3. The van der Waals surface area contributed by atoms with Crippen LogP contribution in [0.3, 0.4) is 0 Å². The van der Waals surface area contributed by atoms with Crippen molar-refractivity contribution in [1.29, 1.82) is 0 Å². The molecule has 0 aliphatic rings. The number of imidazole rings is 1. The van der Waals surface area contributed by atoms with Gasteiger partial charge < -0.3 is 4.57 Å². The fourth-order valence-electron chi connectivity index (χ4n) is 1.72. The van der Waals surface area contributed by atoms with Crippen molar-refractivity contribution in [3.8, 4) is 0 Å². The molecule has 0 aromatic carbocycles. The Morgan fingerprint density at radius 3 is 2.75 bits per heavy atom. The molecule has 0 fully saturated rings. The van der Waals surface area contributed by atoms with E-state index in [1.807, 2.05) is 0 Å². The predicted molar refractivity (Wildman–Crippen MR) is 60.4 cm³/mol. The monoisotopic (exact) mass is 222 g/mol. The normalized spacial score (nSPS) is 11.5. The van der Waals surface area contributed by atoms with Gasteiger partial charge in [-0.05, 0) is 5.92 Å². The number of rotatable bonds is 2. The van der Waals surface area contributed by atoms with Crippen LogP contribution in [0.2, 0.25) is 0 Å². The van der Waals surface area contributed by atoms with Crippen molar-refractivity contribution >= 4 is 11.2 Å². The summed E-state index contributed by atoms with van der Waals surface area (Å²) in [7, 11) is 1.59. The first-order valence-corrected chi connectivity index (χ1v) is 5.15. The second kappa shape index (κ2) is 3.62. The highest BCUT2D eigenvalue weighted by atomic mass is 16.2. The van der Waals surface area contributed by atoms with Crippen molar-refractivity contribution in [3.63, 3.8) is 0 Å². The molecule has 6 heteroatoms. The van der Waals surface area contributed by atoms with Gasteiger partial charge in [-0.15, -0.1) is 0 Å². The highest BCUT2D eigenvalue weighted by Crippen LogP contribution is 2.07. The van der Waals surface area contributed by atoms with Gasteiger partial charge >= 0.3 is 5.69 Å². The van der Waals surface area contributed by atoms with Crippen LogP contribution in [-0.4, -0.2) is 19.1 Å². The van der Waals surface area contributed by atoms with Crippen molar-refractivity contribution in [1.82, 2.24) is 19.1 Å². The third-order valence-corrected chi connectivity index (χ3v) is 2.44. The fraction of sp³-hybridized carbons (Fsp3) is 0.500. The largest absolute Gasteiger partial charge is 0.329 e. The van der Waals surface area contributed by atoms with Gasteiger partial charge in [-0.25, -0.2) is 9.78 Å². The minimum Gasteiger partial charge on any atom is -0.324 e. The summed E-state index contributed by atoms with van der Waals surface area (Å²) in [6.07, 6.45) is 1.60. The van der Waals surface area contributed by atoms with Crippen LogP contribution in [0.1, 0.15) is 13.8 Å². The van der Waals surface area contributed by atoms with Crippen LogP contribution < -0.4 is 11.2 Å². The molecule has 16 heavy (non-hydrogen) atoms. The number of fused-ring (bicyclic) bond motifs is 1. The maximum Gasteiger partial charge on any atom is 0.329 e. The predicted octanol–water partition coefficient (Wildman–Crippen LogP) is 0.0793. The molecular formula is C10H14N4O2. The van der Waals surface area contributed by atoms with Crippen molar-refractivity contribution in [2.45, 2.75) is 20.4 Å². The molecule has 2 rings (SSSR count). The molecule has 1 N–H and O–H groups in total. The van der Waals surface area contributed by atoms with E-state index in [2.05, 4.69) is 23.8 Å². The van der Waals surface area contributed by atoms with Crippen molar-refractivity contribution in [3.05, 3.63) is 27.2 Å². The van der Waals surface area contributed by atoms with Gasteiger partial charge in [-0.1, -0.05) is 13.8 Å². The van der Waals surface area contributed by atoms with Crippen LogP contribution in [0.15, 0.2) is 15.9 Å². The Morgan fingerprint density at radius 2 is 2.12 bits per heavy atom. The molecule has 0 unspecified atom stereocenters. The Kier molecular flexibility index (Phi) is 2.41. The number of hydrogen-bond donors (Lipinski definition) is 1. The zero-order valence-corrected chi connectivity index (χ0v) is 9.52. The zero-order valence-electron chi connectivity index (χ0n) is 9.52. The van der Waals surface area contributed by atoms with E-state index in [1.54, 1.807) is 17.9 Å². The van der Waals surface area contributed by atoms with Crippen molar-refractivity contribution in [2.24, 2.45) is 13.0 Å². The molecule has 0 amide bonds. The summed E-state index contributed by atoms with van der Waals surface area (Å²) >= 11 is 0. The molecule has 2 aromatic rings. The molecule has 0 saturated carbocycles. The summed E-state index contributed by atoms with van der Waals surface area (Å²) in [4.78, 5) is 29.4. The second-order valence-electron chi connectivity index (χ2n) is 4.28. The van der Waals surface area contributed by atoms with Gasteiger partial charge in [0, 0.05) is 13.6 Å². The van der Waals surface area contributed by atoms with Gasteiger partial charge in [0.2, 0.25) is 0 Å². The lowest BCUT2D eigenvalue weighted by molar-refractivity contribution is 0.531. The van der Waals surface area contributed by atoms with E-state index in [1.165, 1.54) is 4.57 Å². The van der Waals surface area contributed by atoms with Gasteiger partial charge in [0.05, 0.1) is 6.33 Å². The van der Waals surface area contributed by atoms with E-state index >= 15 is 0 Å². The zero-order chi connectivity index (χ0) is 11.9. The Labute approximate surface area is 91.5 Å². The lowest BCUT2D eigenvalue weighted by atomic mass is 10.2. The smallest absolute Gasteiger partial charge is 0.324 e. The molecule has 2 heterocycles. The molecule has 0 aliphatic heterocycles. The number of aromatic amines is 1. The first-order chi connectivity index (χ1) is 7.50. The number of nitrogens with zero attached hydrogens (tertiary/aromatic N) is 3. The SMILES string of the molecule is CC(C)Cn1cnc2c1c(=O)[nH]c(=O)n2C. The van der Waals surface area contributed by atoms with Gasteiger partial charge in [0.25, 0.3) is 5.56 Å². The summed E-state index contributed by atoms with van der Waals surface area (Å²) in [5.41, 5.74) is 0.0637. The standard InChI is InChI=1S/C10H14N4O2/c1-6(2)4-14-5-11-8-7(14)9(15)12-10(16)13(8)3/h5-6H,4H2,1-3H3,(H,12,15,16). The van der Waals surface area contributed by atoms with Crippen LogP contribution in [0, 0.1) is 5.92 Å². The Balaban J connectivity index is 2.78. The third-order valence-electron chi connectivity index (χ3n) is 2.44. The lowest BCUT2D eigenvalue weighted by Crippen LogP contribution is -2.29. The molecule has 0 spiro atoms. The fourth-order valence-corrected chi connectivity index (χ4v) is 1.72. The Morgan fingerprint density at radius 1 is 1.44 bits per heavy atom. The highest BCUT2D eigenvalue weighted by molar-refractivity contribution is 5.69. The van der Waals surface area contributed by atoms with Crippen LogP contribution in [0.4, 0.5) is 0 Å². The molecule has 6 nitrogen and oxygen atoms in total. The second-order valence-corrected chi connectivity index (χ2v) is 4.28. The molecular weight excluding hydrogens is 208 g/mol.